The van der Waals surface area contributed by atoms with Crippen molar-refractivity contribution < 1.29 is 0 Å². The van der Waals surface area contributed by atoms with Crippen LogP contribution in [0.5, 0.6) is 0 Å². The maximum atomic E-state index is 3.82. The van der Waals surface area contributed by atoms with E-state index < -0.39 is 0 Å². The van der Waals surface area contributed by atoms with Gasteiger partial charge in [-0.1, -0.05) is 60.7 Å². The average molecular weight is 338 g/mol. The summed E-state index contributed by atoms with van der Waals surface area (Å²) in [5, 5.41) is 3.82. The Hall–Kier alpha value is -0.340. The van der Waals surface area contributed by atoms with E-state index in [1.807, 2.05) is 0 Å². The van der Waals surface area contributed by atoms with Gasteiger partial charge < -0.3 is 5.32 Å². The maximum Gasteiger partial charge on any atom is 0.0178 e. The van der Waals surface area contributed by atoms with Crippen LogP contribution in [0.1, 0.15) is 57.4 Å². The minimum absolute atomic E-state index is 0.655. The van der Waals surface area contributed by atoms with Crippen LogP contribution in [0, 0.1) is 5.92 Å². The second-order valence-electron chi connectivity index (χ2n) is 6.15. The summed E-state index contributed by atoms with van der Waals surface area (Å²) in [6.07, 6.45) is 10.9. The molecule has 1 N–H and O–H groups in total. The van der Waals surface area contributed by atoms with Gasteiger partial charge in [0.05, 0.1) is 0 Å². The highest BCUT2D eigenvalue weighted by Gasteiger charge is 2.22. The zero-order chi connectivity index (χ0) is 14.2. The van der Waals surface area contributed by atoms with Gasteiger partial charge in [-0.15, -0.1) is 0 Å². The third-order valence-corrected chi connectivity index (χ3v) is 4.96. The largest absolute Gasteiger partial charge is 0.313 e. The minimum Gasteiger partial charge on any atom is -0.313 e. The van der Waals surface area contributed by atoms with Gasteiger partial charge in [-0.2, -0.15) is 0 Å². The zero-order valence-corrected chi connectivity index (χ0v) is 14.3. The zero-order valence-electron chi connectivity index (χ0n) is 12.7. The van der Waals surface area contributed by atoms with E-state index in [0.29, 0.717) is 6.04 Å². The maximum absolute atomic E-state index is 3.82. The molecule has 0 aliphatic heterocycles. The van der Waals surface area contributed by atoms with Gasteiger partial charge >= 0.3 is 0 Å². The molecule has 0 radical (unpaired) electrons. The third kappa shape index (κ3) is 5.21. The SMILES string of the molecule is CCCNC(Cc1cccc(Br)c1)C1CCCCCC1. The van der Waals surface area contributed by atoms with Crippen LogP contribution in [0.15, 0.2) is 28.7 Å². The Morgan fingerprint density at radius 3 is 2.60 bits per heavy atom. The molecule has 1 atom stereocenters. The predicted molar refractivity (Wildman–Crippen MR) is 91.1 cm³/mol. The van der Waals surface area contributed by atoms with Gasteiger partial charge in [-0.05, 0) is 55.8 Å². The lowest BCUT2D eigenvalue weighted by Gasteiger charge is -2.27. The Balaban J connectivity index is 2.01. The summed E-state index contributed by atoms with van der Waals surface area (Å²) in [6, 6.07) is 9.47. The first kappa shape index (κ1) is 16.0. The molecular formula is C18H28BrN. The highest BCUT2D eigenvalue weighted by atomic mass is 79.9. The molecule has 1 aromatic carbocycles. The molecule has 112 valence electrons. The molecule has 0 spiro atoms. The standard InChI is InChI=1S/C18H28BrN/c1-2-12-20-18(16-9-5-3-4-6-10-16)14-15-8-7-11-17(19)13-15/h7-8,11,13,16,18,20H,2-6,9-10,12,14H2,1H3. The van der Waals surface area contributed by atoms with Gasteiger partial charge in [-0.3, -0.25) is 0 Å². The van der Waals surface area contributed by atoms with E-state index in [1.54, 1.807) is 0 Å². The Morgan fingerprint density at radius 1 is 1.20 bits per heavy atom. The van der Waals surface area contributed by atoms with E-state index in [4.69, 9.17) is 0 Å². The van der Waals surface area contributed by atoms with Crippen LogP contribution in [0.4, 0.5) is 0 Å². The summed E-state index contributed by atoms with van der Waals surface area (Å²) in [4.78, 5) is 0. The fourth-order valence-electron chi connectivity index (χ4n) is 3.37. The van der Waals surface area contributed by atoms with Crippen LogP contribution in [0.3, 0.4) is 0 Å². The summed E-state index contributed by atoms with van der Waals surface area (Å²) in [6.45, 7) is 3.41. The van der Waals surface area contributed by atoms with Crippen LogP contribution >= 0.6 is 15.9 Å². The quantitative estimate of drug-likeness (QED) is 0.691. The highest BCUT2D eigenvalue weighted by molar-refractivity contribution is 9.10. The van der Waals surface area contributed by atoms with Crippen molar-refractivity contribution in [1.29, 1.82) is 0 Å². The van der Waals surface area contributed by atoms with Crippen LogP contribution in [-0.4, -0.2) is 12.6 Å². The van der Waals surface area contributed by atoms with Gasteiger partial charge in [0.1, 0.15) is 0 Å². The fourth-order valence-corrected chi connectivity index (χ4v) is 3.81. The van der Waals surface area contributed by atoms with Crippen molar-refractivity contribution >= 4 is 15.9 Å². The lowest BCUT2D eigenvalue weighted by molar-refractivity contribution is 0.317. The van der Waals surface area contributed by atoms with Gasteiger partial charge in [0.2, 0.25) is 0 Å². The monoisotopic (exact) mass is 337 g/mol. The molecule has 0 amide bonds. The number of rotatable bonds is 6. The molecule has 2 rings (SSSR count). The normalized spacial score (nSPS) is 18.7. The van der Waals surface area contributed by atoms with Crippen molar-refractivity contribution in [2.24, 2.45) is 5.92 Å². The number of hydrogen-bond acceptors (Lipinski definition) is 1. The molecule has 0 aromatic heterocycles. The van der Waals surface area contributed by atoms with E-state index in [1.165, 1.54) is 61.4 Å². The van der Waals surface area contributed by atoms with E-state index in [9.17, 15) is 0 Å². The van der Waals surface area contributed by atoms with Crippen molar-refractivity contribution in [3.05, 3.63) is 34.3 Å². The van der Waals surface area contributed by atoms with Crippen molar-refractivity contribution in [2.45, 2.75) is 64.3 Å². The van der Waals surface area contributed by atoms with Crippen molar-refractivity contribution in [2.75, 3.05) is 6.54 Å². The topological polar surface area (TPSA) is 12.0 Å². The molecule has 1 nitrogen and oxygen atoms in total. The number of hydrogen-bond donors (Lipinski definition) is 1. The second kappa shape index (κ2) is 8.84. The predicted octanol–water partition coefficient (Wildman–Crippen LogP) is 5.33. The third-order valence-electron chi connectivity index (χ3n) is 4.47. The molecule has 0 heterocycles. The van der Waals surface area contributed by atoms with E-state index in [-0.39, 0.29) is 0 Å². The summed E-state index contributed by atoms with van der Waals surface area (Å²) in [5.41, 5.74) is 1.46. The average Bonchev–Trinajstić information content (AvgIpc) is 2.72. The molecule has 1 aliphatic rings. The molecule has 1 saturated carbocycles. The second-order valence-corrected chi connectivity index (χ2v) is 7.06. The van der Waals surface area contributed by atoms with Crippen LogP contribution in [0.2, 0.25) is 0 Å². The number of nitrogens with one attached hydrogen (secondary N) is 1. The molecule has 0 bridgehead atoms. The molecule has 1 fully saturated rings. The van der Waals surface area contributed by atoms with E-state index >= 15 is 0 Å². The summed E-state index contributed by atoms with van der Waals surface area (Å²) < 4.78 is 1.20. The Morgan fingerprint density at radius 2 is 1.95 bits per heavy atom. The highest BCUT2D eigenvalue weighted by Crippen LogP contribution is 2.27. The Bertz CT molecular complexity index is 383. The van der Waals surface area contributed by atoms with Crippen molar-refractivity contribution in [3.63, 3.8) is 0 Å². The van der Waals surface area contributed by atoms with Crippen LogP contribution in [0.25, 0.3) is 0 Å². The smallest absolute Gasteiger partial charge is 0.0178 e. The first-order valence-electron chi connectivity index (χ1n) is 8.27. The summed E-state index contributed by atoms with van der Waals surface area (Å²) in [5.74, 6) is 0.864. The lowest BCUT2D eigenvalue weighted by atomic mass is 9.87. The Labute approximate surface area is 132 Å². The molecule has 0 saturated heterocycles. The molecule has 1 aromatic rings. The van der Waals surface area contributed by atoms with Gasteiger partial charge in [0.25, 0.3) is 0 Å². The minimum atomic E-state index is 0.655. The number of halogens is 1. The van der Waals surface area contributed by atoms with Crippen molar-refractivity contribution in [1.82, 2.24) is 5.32 Å². The lowest BCUT2D eigenvalue weighted by Crippen LogP contribution is -2.38. The van der Waals surface area contributed by atoms with Crippen LogP contribution < -0.4 is 5.32 Å². The van der Waals surface area contributed by atoms with Crippen molar-refractivity contribution in [3.8, 4) is 0 Å². The summed E-state index contributed by atoms with van der Waals surface area (Å²) in [7, 11) is 0. The van der Waals surface area contributed by atoms with Crippen LogP contribution in [-0.2, 0) is 6.42 Å². The molecular weight excluding hydrogens is 310 g/mol. The Kier molecular flexibility index (Phi) is 7.09. The molecule has 1 unspecified atom stereocenters. The first-order chi connectivity index (χ1) is 9.79. The molecule has 20 heavy (non-hydrogen) atoms. The first-order valence-corrected chi connectivity index (χ1v) is 9.06. The summed E-state index contributed by atoms with van der Waals surface area (Å²) >= 11 is 3.59. The van der Waals surface area contributed by atoms with E-state index in [2.05, 4.69) is 52.4 Å². The number of benzene rings is 1. The molecule has 1 aliphatic carbocycles. The van der Waals surface area contributed by atoms with Gasteiger partial charge in [0.15, 0.2) is 0 Å². The fraction of sp³-hybridized carbons (Fsp3) is 0.667. The van der Waals surface area contributed by atoms with E-state index in [0.717, 1.165) is 12.5 Å². The van der Waals surface area contributed by atoms with Gasteiger partial charge in [-0.25, -0.2) is 0 Å². The molecule has 2 heteroatoms. The van der Waals surface area contributed by atoms with Gasteiger partial charge in [0, 0.05) is 10.5 Å².